The molecule has 108 valence electrons. The smallest absolute Gasteiger partial charge is 0.324 e. The number of nitrogens with one attached hydrogen (secondary N) is 1. The van der Waals surface area contributed by atoms with E-state index in [0.717, 1.165) is 9.70 Å². The van der Waals surface area contributed by atoms with Crippen molar-refractivity contribution >= 4 is 11.9 Å². The van der Waals surface area contributed by atoms with Crippen molar-refractivity contribution in [1.29, 1.82) is 0 Å². The zero-order valence-corrected chi connectivity index (χ0v) is 10.9. The van der Waals surface area contributed by atoms with Gasteiger partial charge in [-0.25, -0.2) is 9.18 Å². The van der Waals surface area contributed by atoms with Gasteiger partial charge in [-0.2, -0.15) is 4.80 Å². The minimum absolute atomic E-state index is 0.199. The third-order valence-corrected chi connectivity index (χ3v) is 2.97. The van der Waals surface area contributed by atoms with Gasteiger partial charge in [0, 0.05) is 18.7 Å². The van der Waals surface area contributed by atoms with Crippen molar-refractivity contribution in [2.24, 2.45) is 0 Å². The fourth-order valence-electron chi connectivity index (χ4n) is 1.97. The maximum absolute atomic E-state index is 13.1. The van der Waals surface area contributed by atoms with Gasteiger partial charge in [0.25, 0.3) is 5.91 Å². The van der Waals surface area contributed by atoms with Gasteiger partial charge in [-0.3, -0.25) is 9.69 Å². The molecule has 0 bridgehead atoms. The third-order valence-electron chi connectivity index (χ3n) is 2.97. The van der Waals surface area contributed by atoms with Gasteiger partial charge in [-0.05, 0) is 17.3 Å². The molecule has 0 spiro atoms. The predicted octanol–water partition coefficient (Wildman–Crippen LogP) is 0.0310. The van der Waals surface area contributed by atoms with Gasteiger partial charge in [0.15, 0.2) is 0 Å². The maximum atomic E-state index is 13.1. The number of nitrogens with zero attached hydrogens (tertiary/aromatic N) is 5. The molecule has 2 aromatic rings. The van der Waals surface area contributed by atoms with Crippen LogP contribution in [0.15, 0.2) is 24.3 Å². The number of carbonyl (C=O) groups excluding carboxylic acids is 2. The normalized spacial score (nSPS) is 14.3. The zero-order chi connectivity index (χ0) is 14.8. The summed E-state index contributed by atoms with van der Waals surface area (Å²) < 4.78 is 13.1. The molecule has 1 aromatic heterocycles. The molecule has 8 nitrogen and oxygen atoms in total. The van der Waals surface area contributed by atoms with Gasteiger partial charge in [0.1, 0.15) is 12.4 Å². The number of halogens is 1. The molecule has 1 N–H and O–H groups in total. The highest BCUT2D eigenvalue weighted by atomic mass is 19.1. The molecule has 3 amide bonds. The molecule has 1 aliphatic rings. The minimum atomic E-state index is -0.425. The first kappa shape index (κ1) is 13.2. The standard InChI is InChI=1S/C12H11FN6O2/c13-9-3-1-2-8(6-9)11-15-17-19(16-11)7-10(20)18-5-4-14-12(18)21/h1-3,6H,4-5,7H2,(H,14,21). The minimum Gasteiger partial charge on any atom is -0.336 e. The number of hydrogen-bond acceptors (Lipinski definition) is 5. The van der Waals surface area contributed by atoms with Crippen LogP contribution in [0.25, 0.3) is 11.4 Å². The quantitative estimate of drug-likeness (QED) is 0.861. The Hall–Kier alpha value is -2.84. The second-order valence-corrected chi connectivity index (χ2v) is 4.43. The van der Waals surface area contributed by atoms with Gasteiger partial charge in [0.05, 0.1) is 0 Å². The maximum Gasteiger partial charge on any atom is 0.324 e. The average Bonchev–Trinajstić information content (AvgIpc) is 3.08. The molecule has 21 heavy (non-hydrogen) atoms. The van der Waals surface area contributed by atoms with Gasteiger partial charge >= 0.3 is 6.03 Å². The second-order valence-electron chi connectivity index (χ2n) is 4.43. The number of amides is 3. The van der Waals surface area contributed by atoms with E-state index in [-0.39, 0.29) is 12.4 Å². The van der Waals surface area contributed by atoms with E-state index in [1.165, 1.54) is 18.2 Å². The lowest BCUT2D eigenvalue weighted by Gasteiger charge is -2.10. The average molecular weight is 290 g/mol. The second kappa shape index (κ2) is 5.27. The number of imide groups is 1. The third kappa shape index (κ3) is 2.71. The van der Waals surface area contributed by atoms with Crippen LogP contribution in [0.1, 0.15) is 0 Å². The molecule has 1 saturated heterocycles. The largest absolute Gasteiger partial charge is 0.336 e. The molecule has 2 heterocycles. The van der Waals surface area contributed by atoms with E-state index in [4.69, 9.17) is 0 Å². The van der Waals surface area contributed by atoms with E-state index in [1.54, 1.807) is 6.07 Å². The fourth-order valence-corrected chi connectivity index (χ4v) is 1.97. The Morgan fingerprint density at radius 1 is 1.43 bits per heavy atom. The number of rotatable bonds is 3. The Morgan fingerprint density at radius 2 is 2.29 bits per heavy atom. The van der Waals surface area contributed by atoms with Gasteiger partial charge < -0.3 is 5.32 Å². The van der Waals surface area contributed by atoms with Crippen molar-refractivity contribution in [2.45, 2.75) is 6.54 Å². The van der Waals surface area contributed by atoms with Crippen LogP contribution in [0.3, 0.4) is 0 Å². The summed E-state index contributed by atoms with van der Waals surface area (Å²) in [5, 5.41) is 14.0. The summed E-state index contributed by atoms with van der Waals surface area (Å²) in [6.45, 7) is 0.558. The molecular formula is C12H11FN6O2. The Balaban J connectivity index is 1.73. The van der Waals surface area contributed by atoms with Crippen LogP contribution in [0.4, 0.5) is 9.18 Å². The van der Waals surface area contributed by atoms with Crippen molar-refractivity contribution in [2.75, 3.05) is 13.1 Å². The van der Waals surface area contributed by atoms with E-state index < -0.39 is 17.8 Å². The highest BCUT2D eigenvalue weighted by Crippen LogP contribution is 2.14. The van der Waals surface area contributed by atoms with Crippen LogP contribution in [0.5, 0.6) is 0 Å². The first-order chi connectivity index (χ1) is 10.1. The predicted molar refractivity (Wildman–Crippen MR) is 68.3 cm³/mol. The first-order valence-corrected chi connectivity index (χ1v) is 6.25. The summed E-state index contributed by atoms with van der Waals surface area (Å²) in [7, 11) is 0. The van der Waals surface area contributed by atoms with Crippen LogP contribution in [-0.4, -0.2) is 50.1 Å². The number of aromatic nitrogens is 4. The summed E-state index contributed by atoms with van der Waals surface area (Å²) in [6, 6.07) is 5.33. The summed E-state index contributed by atoms with van der Waals surface area (Å²) in [5.74, 6) is -0.616. The first-order valence-electron chi connectivity index (χ1n) is 6.25. The van der Waals surface area contributed by atoms with Gasteiger partial charge in [-0.1, -0.05) is 12.1 Å². The van der Waals surface area contributed by atoms with Crippen LogP contribution < -0.4 is 5.32 Å². The highest BCUT2D eigenvalue weighted by Gasteiger charge is 2.26. The summed E-state index contributed by atoms with van der Waals surface area (Å²) in [5.41, 5.74) is 0.465. The molecule has 9 heteroatoms. The summed E-state index contributed by atoms with van der Waals surface area (Å²) in [6.07, 6.45) is 0. The highest BCUT2D eigenvalue weighted by molar-refractivity contribution is 5.95. The van der Waals surface area contributed by atoms with Crippen LogP contribution in [0.2, 0.25) is 0 Å². The van der Waals surface area contributed by atoms with E-state index in [0.29, 0.717) is 18.7 Å². The van der Waals surface area contributed by atoms with Crippen molar-refractivity contribution in [3.05, 3.63) is 30.1 Å². The van der Waals surface area contributed by atoms with E-state index in [1.807, 2.05) is 0 Å². The Morgan fingerprint density at radius 3 is 3.00 bits per heavy atom. The molecule has 0 aliphatic carbocycles. The van der Waals surface area contributed by atoms with E-state index in [9.17, 15) is 14.0 Å². The van der Waals surface area contributed by atoms with E-state index >= 15 is 0 Å². The Labute approximate surface area is 118 Å². The number of benzene rings is 1. The fraction of sp³-hybridized carbons (Fsp3) is 0.250. The summed E-state index contributed by atoms with van der Waals surface area (Å²) >= 11 is 0. The van der Waals surface area contributed by atoms with Gasteiger partial charge in [0.2, 0.25) is 5.82 Å². The van der Waals surface area contributed by atoms with Crippen LogP contribution in [0, 0.1) is 5.82 Å². The van der Waals surface area contributed by atoms with Crippen molar-refractivity contribution < 1.29 is 14.0 Å². The SMILES string of the molecule is O=C(Cn1nnc(-c2cccc(F)c2)n1)N1CCNC1=O. The number of urea groups is 1. The summed E-state index contributed by atoms with van der Waals surface area (Å²) in [4.78, 5) is 25.4. The molecule has 1 aromatic carbocycles. The molecule has 3 rings (SSSR count). The number of tetrazole rings is 1. The van der Waals surface area contributed by atoms with Gasteiger partial charge in [-0.15, -0.1) is 10.2 Å². The molecule has 0 saturated carbocycles. The number of carbonyl (C=O) groups is 2. The van der Waals surface area contributed by atoms with E-state index in [2.05, 4.69) is 20.7 Å². The molecule has 1 fully saturated rings. The molecule has 0 atom stereocenters. The van der Waals surface area contributed by atoms with Crippen LogP contribution >= 0.6 is 0 Å². The molecule has 0 unspecified atom stereocenters. The van der Waals surface area contributed by atoms with Crippen molar-refractivity contribution in [3.63, 3.8) is 0 Å². The lowest BCUT2D eigenvalue weighted by atomic mass is 10.2. The number of hydrogen-bond donors (Lipinski definition) is 1. The Bertz CT molecular complexity index is 701. The monoisotopic (exact) mass is 290 g/mol. The zero-order valence-electron chi connectivity index (χ0n) is 10.9. The topological polar surface area (TPSA) is 93.0 Å². The lowest BCUT2D eigenvalue weighted by Crippen LogP contribution is -2.37. The molecule has 1 aliphatic heterocycles. The van der Waals surface area contributed by atoms with Crippen molar-refractivity contribution in [3.8, 4) is 11.4 Å². The molecule has 0 radical (unpaired) electrons. The van der Waals surface area contributed by atoms with Crippen LogP contribution in [-0.2, 0) is 11.3 Å². The Kier molecular flexibility index (Phi) is 3.30. The molecular weight excluding hydrogens is 279 g/mol. The van der Waals surface area contributed by atoms with Crippen molar-refractivity contribution in [1.82, 2.24) is 30.4 Å². The lowest BCUT2D eigenvalue weighted by molar-refractivity contribution is -0.128.